The van der Waals surface area contributed by atoms with Crippen LogP contribution >= 0.6 is 0 Å². The second-order valence-corrected chi connectivity index (χ2v) is 5.37. The van der Waals surface area contributed by atoms with Crippen LogP contribution in [0, 0.1) is 19.3 Å². The Hall–Kier alpha value is -1.55. The number of methoxy groups -OCH3 is 1. The van der Waals surface area contributed by atoms with Gasteiger partial charge in [-0.3, -0.25) is 4.79 Å². The summed E-state index contributed by atoms with van der Waals surface area (Å²) in [6.07, 6.45) is 1.58. The SMILES string of the molecule is COc1cc(C)c(CNC(=O)C2(CO)CC2)cc1C. The lowest BCUT2D eigenvalue weighted by Crippen LogP contribution is -2.33. The van der Waals surface area contributed by atoms with Crippen molar-refractivity contribution >= 4 is 5.91 Å². The number of amides is 1. The first-order valence-electron chi connectivity index (χ1n) is 6.56. The van der Waals surface area contributed by atoms with Crippen LogP contribution in [0.3, 0.4) is 0 Å². The van der Waals surface area contributed by atoms with Crippen LogP contribution in [0.25, 0.3) is 0 Å². The molecular formula is C15H21NO3. The molecule has 1 fully saturated rings. The number of hydrogen-bond donors (Lipinski definition) is 2. The van der Waals surface area contributed by atoms with Gasteiger partial charge in [0, 0.05) is 6.54 Å². The summed E-state index contributed by atoms with van der Waals surface area (Å²) in [6, 6.07) is 4.02. The minimum Gasteiger partial charge on any atom is -0.496 e. The maximum atomic E-state index is 12.0. The van der Waals surface area contributed by atoms with Crippen molar-refractivity contribution in [3.05, 3.63) is 28.8 Å². The monoisotopic (exact) mass is 263 g/mol. The second-order valence-electron chi connectivity index (χ2n) is 5.37. The van der Waals surface area contributed by atoms with Gasteiger partial charge >= 0.3 is 0 Å². The quantitative estimate of drug-likeness (QED) is 0.850. The van der Waals surface area contributed by atoms with Crippen molar-refractivity contribution in [3.8, 4) is 5.75 Å². The molecule has 4 nitrogen and oxygen atoms in total. The fraction of sp³-hybridized carbons (Fsp3) is 0.533. The molecule has 2 rings (SSSR count). The average Bonchev–Trinajstić information content (AvgIpc) is 3.20. The van der Waals surface area contributed by atoms with Crippen LogP contribution in [-0.2, 0) is 11.3 Å². The minimum atomic E-state index is -0.505. The van der Waals surface area contributed by atoms with Gasteiger partial charge < -0.3 is 15.2 Å². The van der Waals surface area contributed by atoms with Gasteiger partial charge in [-0.25, -0.2) is 0 Å². The number of carbonyl (C=O) groups excluding carboxylic acids is 1. The molecule has 1 saturated carbocycles. The number of rotatable bonds is 5. The molecule has 1 aliphatic carbocycles. The molecule has 1 amide bonds. The van der Waals surface area contributed by atoms with E-state index in [4.69, 9.17) is 4.74 Å². The zero-order chi connectivity index (χ0) is 14.0. The lowest BCUT2D eigenvalue weighted by atomic mass is 10.0. The van der Waals surface area contributed by atoms with E-state index in [-0.39, 0.29) is 12.5 Å². The zero-order valence-electron chi connectivity index (χ0n) is 11.7. The Bertz CT molecular complexity index is 492. The van der Waals surface area contributed by atoms with Crippen LogP contribution < -0.4 is 10.1 Å². The predicted octanol–water partition coefficient (Wildman–Crippen LogP) is 1.70. The molecule has 4 heteroatoms. The van der Waals surface area contributed by atoms with Crippen molar-refractivity contribution in [1.29, 1.82) is 0 Å². The highest BCUT2D eigenvalue weighted by molar-refractivity contribution is 5.85. The van der Waals surface area contributed by atoms with Crippen LogP contribution in [0.5, 0.6) is 5.75 Å². The van der Waals surface area contributed by atoms with Crippen molar-refractivity contribution < 1.29 is 14.6 Å². The Morgan fingerprint density at radius 2 is 2.05 bits per heavy atom. The molecule has 0 atom stereocenters. The lowest BCUT2D eigenvalue weighted by Gasteiger charge is -2.15. The normalized spacial score (nSPS) is 16.0. The first-order chi connectivity index (χ1) is 9.02. The molecule has 0 radical (unpaired) electrons. The summed E-state index contributed by atoms with van der Waals surface area (Å²) in [5.74, 6) is 0.824. The molecule has 1 aliphatic rings. The van der Waals surface area contributed by atoms with Crippen molar-refractivity contribution in [3.63, 3.8) is 0 Å². The third-order valence-corrected chi connectivity index (χ3v) is 3.93. The van der Waals surface area contributed by atoms with Crippen molar-refractivity contribution in [1.82, 2.24) is 5.32 Å². The second kappa shape index (κ2) is 5.21. The van der Waals surface area contributed by atoms with E-state index in [2.05, 4.69) is 5.32 Å². The Balaban J connectivity index is 2.04. The highest BCUT2D eigenvalue weighted by Crippen LogP contribution is 2.45. The number of aryl methyl sites for hydroxylation is 2. The number of carbonyl (C=O) groups is 1. The molecule has 0 bridgehead atoms. The Morgan fingerprint density at radius 1 is 1.37 bits per heavy atom. The summed E-state index contributed by atoms with van der Waals surface area (Å²) < 4.78 is 5.27. The highest BCUT2D eigenvalue weighted by atomic mass is 16.5. The van der Waals surface area contributed by atoms with Crippen LogP contribution in [0.15, 0.2) is 12.1 Å². The highest BCUT2D eigenvalue weighted by Gasteiger charge is 2.49. The van der Waals surface area contributed by atoms with Crippen LogP contribution in [-0.4, -0.2) is 24.7 Å². The standard InChI is InChI=1S/C15H21NO3/c1-10-7-13(19-3)11(2)6-12(10)8-16-14(18)15(9-17)4-5-15/h6-7,17H,4-5,8-9H2,1-3H3,(H,16,18). The van der Waals surface area contributed by atoms with Gasteiger partial charge in [0.2, 0.25) is 5.91 Å². The Labute approximate surface area is 113 Å². The molecule has 2 N–H and O–H groups in total. The third kappa shape index (κ3) is 2.73. The number of nitrogens with one attached hydrogen (secondary N) is 1. The van der Waals surface area contributed by atoms with Crippen LogP contribution in [0.2, 0.25) is 0 Å². The molecule has 0 heterocycles. The summed E-state index contributed by atoms with van der Waals surface area (Å²) in [5.41, 5.74) is 2.73. The fourth-order valence-corrected chi connectivity index (χ4v) is 2.23. The van der Waals surface area contributed by atoms with Gasteiger partial charge in [0.1, 0.15) is 5.75 Å². The molecule has 1 aromatic carbocycles. The number of ether oxygens (including phenoxy) is 1. The molecule has 104 valence electrons. The van der Waals surface area contributed by atoms with E-state index in [1.807, 2.05) is 26.0 Å². The maximum absolute atomic E-state index is 12.0. The van der Waals surface area contributed by atoms with Gasteiger partial charge in [-0.2, -0.15) is 0 Å². The molecular weight excluding hydrogens is 242 g/mol. The average molecular weight is 263 g/mol. The van der Waals surface area contributed by atoms with Gasteiger partial charge in [-0.1, -0.05) is 6.07 Å². The fourth-order valence-electron chi connectivity index (χ4n) is 2.23. The van der Waals surface area contributed by atoms with Gasteiger partial charge in [0.05, 0.1) is 19.1 Å². The number of hydrogen-bond acceptors (Lipinski definition) is 3. The molecule has 19 heavy (non-hydrogen) atoms. The predicted molar refractivity (Wildman–Crippen MR) is 73.1 cm³/mol. The molecule has 0 aliphatic heterocycles. The molecule has 0 spiro atoms. The number of aliphatic hydroxyl groups excluding tert-OH is 1. The van der Waals surface area contributed by atoms with E-state index in [0.29, 0.717) is 6.54 Å². The molecule has 1 aromatic rings. The topological polar surface area (TPSA) is 58.6 Å². The van der Waals surface area contributed by atoms with E-state index in [9.17, 15) is 9.90 Å². The Kier molecular flexibility index (Phi) is 3.80. The number of aliphatic hydroxyl groups is 1. The maximum Gasteiger partial charge on any atom is 0.228 e. The smallest absolute Gasteiger partial charge is 0.228 e. The lowest BCUT2D eigenvalue weighted by molar-refractivity contribution is -0.127. The third-order valence-electron chi connectivity index (χ3n) is 3.93. The summed E-state index contributed by atoms with van der Waals surface area (Å²) >= 11 is 0. The van der Waals surface area contributed by atoms with Crippen molar-refractivity contribution in [2.45, 2.75) is 33.2 Å². The largest absolute Gasteiger partial charge is 0.496 e. The first kappa shape index (κ1) is 13.9. The van der Waals surface area contributed by atoms with E-state index < -0.39 is 5.41 Å². The van der Waals surface area contributed by atoms with E-state index in [1.165, 1.54) is 0 Å². The van der Waals surface area contributed by atoms with Crippen molar-refractivity contribution in [2.75, 3.05) is 13.7 Å². The van der Waals surface area contributed by atoms with Gasteiger partial charge in [-0.05, 0) is 49.4 Å². The van der Waals surface area contributed by atoms with E-state index >= 15 is 0 Å². The molecule has 0 saturated heterocycles. The van der Waals surface area contributed by atoms with Crippen LogP contribution in [0.4, 0.5) is 0 Å². The van der Waals surface area contributed by atoms with Gasteiger partial charge in [-0.15, -0.1) is 0 Å². The van der Waals surface area contributed by atoms with E-state index in [0.717, 1.165) is 35.3 Å². The van der Waals surface area contributed by atoms with Crippen LogP contribution in [0.1, 0.15) is 29.5 Å². The summed E-state index contributed by atoms with van der Waals surface area (Å²) in [4.78, 5) is 12.0. The Morgan fingerprint density at radius 3 is 2.58 bits per heavy atom. The summed E-state index contributed by atoms with van der Waals surface area (Å²) in [7, 11) is 1.65. The minimum absolute atomic E-state index is 0.0390. The zero-order valence-corrected chi connectivity index (χ0v) is 11.7. The molecule has 0 aromatic heterocycles. The summed E-state index contributed by atoms with van der Waals surface area (Å²) in [5, 5.41) is 12.1. The molecule has 0 unspecified atom stereocenters. The van der Waals surface area contributed by atoms with Crippen molar-refractivity contribution in [2.24, 2.45) is 5.41 Å². The van der Waals surface area contributed by atoms with Gasteiger partial charge in [0.25, 0.3) is 0 Å². The van der Waals surface area contributed by atoms with Gasteiger partial charge in [0.15, 0.2) is 0 Å². The first-order valence-corrected chi connectivity index (χ1v) is 6.56. The number of benzene rings is 1. The van der Waals surface area contributed by atoms with E-state index in [1.54, 1.807) is 7.11 Å². The summed E-state index contributed by atoms with van der Waals surface area (Å²) in [6.45, 7) is 4.43.